The molecular weight excluding hydrogens is 751 g/mol. The number of hydrogen-bond acceptors (Lipinski definition) is 2. The van der Waals surface area contributed by atoms with E-state index in [-0.39, 0.29) is 0 Å². The molecule has 14 rings (SSSR count). The summed E-state index contributed by atoms with van der Waals surface area (Å²) in [6.45, 7) is 0. The van der Waals surface area contributed by atoms with E-state index in [1.807, 2.05) is 0 Å². The minimum atomic E-state index is -0.598. The Balaban J connectivity index is 1.21. The van der Waals surface area contributed by atoms with E-state index in [9.17, 15) is 0 Å². The smallest absolute Gasteiger partial charge is 0.235 e. The zero-order valence-electron chi connectivity index (χ0n) is 33.5. The number of rotatable bonds is 3. The van der Waals surface area contributed by atoms with Gasteiger partial charge in [0.2, 0.25) is 5.95 Å². The first kappa shape index (κ1) is 33.7. The molecule has 0 unspecified atom stereocenters. The molecule has 62 heavy (non-hydrogen) atoms. The van der Waals surface area contributed by atoms with E-state index in [1.54, 1.807) is 0 Å². The maximum Gasteiger partial charge on any atom is 0.235 e. The SMILES string of the molecule is c1ccc2c(c1)-c1ccccc1C21c2ccccc2-c2c1c1c(c3ccccc23)c2ccccc2n1-c1nc(-c2cccc3ccccc23)cc(-c2cccc3ccccc23)n1. The molecule has 0 aliphatic heterocycles. The standard InChI is InChI=1S/C59H35N3/c1-3-21-38-36(17-1)19-15-29-42(38)51-35-52(43-30-16-20-37-18-2-4-22-39(37)43)61-58(60-51)62-53-34-14-10-28-47(53)55-45-26-6-5-25-44(45)54-46-27-9-13-33-50(46)59(56(54)57(55)62)48-31-11-7-23-40(48)41-24-8-12-32-49(41)59/h1-35H. The lowest BCUT2D eigenvalue weighted by Gasteiger charge is -2.31. The van der Waals surface area contributed by atoms with Crippen LogP contribution in [0.15, 0.2) is 212 Å². The molecule has 2 aliphatic carbocycles. The third-order valence-electron chi connectivity index (χ3n) is 13.8. The summed E-state index contributed by atoms with van der Waals surface area (Å²) >= 11 is 0. The van der Waals surface area contributed by atoms with Gasteiger partial charge in [-0.2, -0.15) is 0 Å². The molecular formula is C59H35N3. The van der Waals surface area contributed by atoms with E-state index in [0.717, 1.165) is 44.3 Å². The van der Waals surface area contributed by atoms with E-state index in [2.05, 4.69) is 217 Å². The highest BCUT2D eigenvalue weighted by molar-refractivity contribution is 6.27. The van der Waals surface area contributed by atoms with Gasteiger partial charge in [0.05, 0.1) is 27.8 Å². The lowest BCUT2D eigenvalue weighted by Crippen LogP contribution is -2.26. The highest BCUT2D eigenvalue weighted by atomic mass is 15.2. The van der Waals surface area contributed by atoms with Crippen molar-refractivity contribution in [3.8, 4) is 50.7 Å². The van der Waals surface area contributed by atoms with Crippen LogP contribution in [0.1, 0.15) is 22.3 Å². The third kappa shape index (κ3) is 4.29. The molecule has 2 heterocycles. The Morgan fingerprint density at radius 3 is 1.40 bits per heavy atom. The van der Waals surface area contributed by atoms with E-state index in [1.165, 1.54) is 76.8 Å². The number of nitrogens with zero attached hydrogens (tertiary/aromatic N) is 3. The second kappa shape index (κ2) is 12.4. The largest absolute Gasteiger partial charge is 0.278 e. The van der Waals surface area contributed by atoms with Crippen molar-refractivity contribution in [1.82, 2.24) is 14.5 Å². The first-order valence-corrected chi connectivity index (χ1v) is 21.4. The van der Waals surface area contributed by atoms with Gasteiger partial charge in [0.15, 0.2) is 0 Å². The van der Waals surface area contributed by atoms with E-state index < -0.39 is 5.41 Å². The van der Waals surface area contributed by atoms with Gasteiger partial charge < -0.3 is 0 Å². The molecule has 0 atom stereocenters. The summed E-state index contributed by atoms with van der Waals surface area (Å²) in [6, 6.07) is 77.7. The van der Waals surface area contributed by atoms with Gasteiger partial charge in [0.25, 0.3) is 0 Å². The summed E-state index contributed by atoms with van der Waals surface area (Å²) in [5.74, 6) is 0.646. The molecule has 12 aromatic rings. The first-order chi connectivity index (χ1) is 30.8. The van der Waals surface area contributed by atoms with Gasteiger partial charge >= 0.3 is 0 Å². The molecule has 1 spiro atoms. The normalized spacial score (nSPS) is 13.3. The van der Waals surface area contributed by atoms with Crippen molar-refractivity contribution in [3.63, 3.8) is 0 Å². The van der Waals surface area contributed by atoms with Crippen molar-refractivity contribution >= 4 is 54.1 Å². The Kier molecular flexibility index (Phi) is 6.76. The van der Waals surface area contributed by atoms with Crippen molar-refractivity contribution in [2.45, 2.75) is 5.41 Å². The number of para-hydroxylation sites is 1. The summed E-state index contributed by atoms with van der Waals surface area (Å²) in [5, 5.41) is 9.55. The van der Waals surface area contributed by atoms with Crippen LogP contribution in [-0.2, 0) is 5.41 Å². The highest BCUT2D eigenvalue weighted by Crippen LogP contribution is 2.66. The van der Waals surface area contributed by atoms with Crippen molar-refractivity contribution in [3.05, 3.63) is 235 Å². The summed E-state index contributed by atoms with van der Waals surface area (Å²) in [7, 11) is 0. The Labute approximate surface area is 357 Å². The highest BCUT2D eigenvalue weighted by Gasteiger charge is 2.53. The molecule has 0 radical (unpaired) electrons. The van der Waals surface area contributed by atoms with Crippen LogP contribution in [0.4, 0.5) is 0 Å². The molecule has 0 saturated heterocycles. The van der Waals surface area contributed by atoms with Crippen LogP contribution in [0.3, 0.4) is 0 Å². The molecule has 0 N–H and O–H groups in total. The molecule has 0 fully saturated rings. The molecule has 0 amide bonds. The van der Waals surface area contributed by atoms with Gasteiger partial charge in [-0.05, 0) is 83.4 Å². The monoisotopic (exact) mass is 785 g/mol. The Morgan fingerprint density at radius 1 is 0.355 bits per heavy atom. The maximum atomic E-state index is 5.71. The minimum Gasteiger partial charge on any atom is -0.278 e. The quantitative estimate of drug-likeness (QED) is 0.179. The molecule has 3 nitrogen and oxygen atoms in total. The van der Waals surface area contributed by atoms with Gasteiger partial charge in [-0.15, -0.1) is 0 Å². The fraction of sp³-hybridized carbons (Fsp3) is 0.0169. The van der Waals surface area contributed by atoms with Crippen molar-refractivity contribution in [1.29, 1.82) is 0 Å². The molecule has 2 aliphatic rings. The van der Waals surface area contributed by atoms with E-state index in [4.69, 9.17) is 9.97 Å². The van der Waals surface area contributed by atoms with Crippen molar-refractivity contribution in [2.75, 3.05) is 0 Å². The van der Waals surface area contributed by atoms with Crippen molar-refractivity contribution in [2.24, 2.45) is 0 Å². The summed E-state index contributed by atoms with van der Waals surface area (Å²) in [6.07, 6.45) is 0. The Morgan fingerprint density at radius 2 is 0.790 bits per heavy atom. The van der Waals surface area contributed by atoms with E-state index >= 15 is 0 Å². The Bertz CT molecular complexity index is 3740. The van der Waals surface area contributed by atoms with Gasteiger partial charge in [0.1, 0.15) is 0 Å². The van der Waals surface area contributed by atoms with Gasteiger partial charge in [-0.3, -0.25) is 4.57 Å². The Hall–Kier alpha value is -8.14. The number of benzene rings is 10. The van der Waals surface area contributed by atoms with Crippen LogP contribution >= 0.6 is 0 Å². The van der Waals surface area contributed by atoms with Gasteiger partial charge in [0, 0.05) is 27.5 Å². The summed E-state index contributed by atoms with van der Waals surface area (Å²) < 4.78 is 2.41. The second-order valence-corrected chi connectivity index (χ2v) is 16.8. The fourth-order valence-corrected chi connectivity index (χ4v) is 11.4. The van der Waals surface area contributed by atoms with Gasteiger partial charge in [-0.25, -0.2) is 9.97 Å². The van der Waals surface area contributed by atoms with Crippen LogP contribution in [0, 0.1) is 0 Å². The third-order valence-corrected chi connectivity index (χ3v) is 13.8. The second-order valence-electron chi connectivity index (χ2n) is 16.8. The molecule has 0 bridgehead atoms. The van der Waals surface area contributed by atoms with Crippen LogP contribution in [-0.4, -0.2) is 14.5 Å². The number of aromatic nitrogens is 3. The molecule has 0 saturated carbocycles. The fourth-order valence-electron chi connectivity index (χ4n) is 11.4. The molecule has 3 heteroatoms. The molecule has 286 valence electrons. The van der Waals surface area contributed by atoms with Crippen LogP contribution in [0.5, 0.6) is 0 Å². The average molecular weight is 786 g/mol. The predicted octanol–water partition coefficient (Wildman–Crippen LogP) is 14.7. The molecule has 10 aromatic carbocycles. The van der Waals surface area contributed by atoms with Crippen LogP contribution in [0.2, 0.25) is 0 Å². The zero-order chi connectivity index (χ0) is 40.5. The van der Waals surface area contributed by atoms with Crippen LogP contribution < -0.4 is 0 Å². The average Bonchev–Trinajstić information content (AvgIpc) is 3.96. The summed E-state index contributed by atoms with van der Waals surface area (Å²) in [5.41, 5.74) is 15.8. The van der Waals surface area contributed by atoms with Crippen molar-refractivity contribution < 1.29 is 0 Å². The topological polar surface area (TPSA) is 30.7 Å². The minimum absolute atomic E-state index is 0.598. The summed E-state index contributed by atoms with van der Waals surface area (Å²) in [4.78, 5) is 11.4. The lowest BCUT2D eigenvalue weighted by molar-refractivity contribution is 0.796. The number of fused-ring (bicyclic) bond motifs is 19. The molecule has 2 aromatic heterocycles. The van der Waals surface area contributed by atoms with Crippen LogP contribution in [0.25, 0.3) is 105 Å². The number of hydrogen-bond donors (Lipinski definition) is 0. The maximum absolute atomic E-state index is 5.71. The van der Waals surface area contributed by atoms with E-state index in [0.29, 0.717) is 5.95 Å². The predicted molar refractivity (Wildman–Crippen MR) is 256 cm³/mol. The zero-order valence-corrected chi connectivity index (χ0v) is 33.5. The first-order valence-electron chi connectivity index (χ1n) is 21.4. The van der Waals surface area contributed by atoms with Gasteiger partial charge in [-0.1, -0.05) is 200 Å². The lowest BCUT2D eigenvalue weighted by atomic mass is 9.70.